The van der Waals surface area contributed by atoms with Crippen LogP contribution in [0.5, 0.6) is 5.75 Å². The Balaban J connectivity index is 1.58. The van der Waals surface area contributed by atoms with Crippen molar-refractivity contribution in [2.45, 2.75) is 51.1 Å². The number of nitrogens with two attached hydrogens (primary N) is 1. The summed E-state index contributed by atoms with van der Waals surface area (Å²) in [6.45, 7) is 4.37. The van der Waals surface area contributed by atoms with Gasteiger partial charge in [0.05, 0.1) is 19.1 Å². The maximum Gasteiger partial charge on any atom is 0.228 e. The van der Waals surface area contributed by atoms with Crippen LogP contribution in [0.15, 0.2) is 24.3 Å². The summed E-state index contributed by atoms with van der Waals surface area (Å²) < 4.78 is 5.29. The third-order valence-corrected chi connectivity index (χ3v) is 7.18. The second-order valence-electron chi connectivity index (χ2n) is 8.88. The fraction of sp³-hybridized carbons (Fsp3) is 0.652. The van der Waals surface area contributed by atoms with Crippen LogP contribution < -0.4 is 10.5 Å². The van der Waals surface area contributed by atoms with Crippen molar-refractivity contribution in [2.75, 3.05) is 26.7 Å². The standard InChI is InChI=1S/C23H33N3O3/c1-3-4-11-26-21(27)12-18(22(26)15-5-8-17(29-2)9-6-15)23(28)25-13-16-7-10-20(24)19(16)14-25/h5-6,8-9,16,18-20,22H,3-4,7,10-14,24H2,1-2H3. The van der Waals surface area contributed by atoms with Crippen LogP contribution in [0.4, 0.5) is 0 Å². The Morgan fingerprint density at radius 2 is 1.97 bits per heavy atom. The first-order valence-corrected chi connectivity index (χ1v) is 11.0. The lowest BCUT2D eigenvalue weighted by Crippen LogP contribution is -2.39. The molecule has 1 aliphatic carbocycles. The summed E-state index contributed by atoms with van der Waals surface area (Å²) in [6.07, 6.45) is 4.45. The maximum absolute atomic E-state index is 13.5. The van der Waals surface area contributed by atoms with Gasteiger partial charge in [-0.05, 0) is 48.8 Å². The molecule has 2 heterocycles. The van der Waals surface area contributed by atoms with Crippen molar-refractivity contribution in [2.24, 2.45) is 23.5 Å². The molecule has 0 radical (unpaired) electrons. The summed E-state index contributed by atoms with van der Waals surface area (Å²) in [5, 5.41) is 0. The van der Waals surface area contributed by atoms with Gasteiger partial charge in [-0.15, -0.1) is 0 Å². The van der Waals surface area contributed by atoms with Crippen molar-refractivity contribution in [3.63, 3.8) is 0 Å². The lowest BCUT2D eigenvalue weighted by atomic mass is 9.92. The van der Waals surface area contributed by atoms with Crippen LogP contribution >= 0.6 is 0 Å². The van der Waals surface area contributed by atoms with Crippen LogP contribution in [0.3, 0.4) is 0 Å². The van der Waals surface area contributed by atoms with Crippen LogP contribution in [0.1, 0.15) is 50.6 Å². The number of fused-ring (bicyclic) bond motifs is 1. The fourth-order valence-electron chi connectivity index (χ4n) is 5.54. The molecule has 0 aromatic heterocycles. The average molecular weight is 400 g/mol. The zero-order chi connectivity index (χ0) is 20.5. The van der Waals surface area contributed by atoms with Gasteiger partial charge in [0.2, 0.25) is 11.8 Å². The molecule has 5 unspecified atom stereocenters. The van der Waals surface area contributed by atoms with E-state index in [0.29, 0.717) is 24.8 Å². The first kappa shape index (κ1) is 20.2. The molecular formula is C23H33N3O3. The summed E-state index contributed by atoms with van der Waals surface area (Å²) in [7, 11) is 1.64. The van der Waals surface area contributed by atoms with E-state index in [4.69, 9.17) is 10.5 Å². The van der Waals surface area contributed by atoms with Crippen LogP contribution in [0, 0.1) is 17.8 Å². The number of rotatable bonds is 6. The van der Waals surface area contributed by atoms with Gasteiger partial charge in [-0.25, -0.2) is 0 Å². The molecule has 2 N–H and O–H groups in total. The minimum Gasteiger partial charge on any atom is -0.497 e. The van der Waals surface area contributed by atoms with Gasteiger partial charge in [-0.3, -0.25) is 9.59 Å². The molecule has 6 nitrogen and oxygen atoms in total. The lowest BCUT2D eigenvalue weighted by Gasteiger charge is -2.30. The predicted octanol–water partition coefficient (Wildman–Crippen LogP) is 2.58. The van der Waals surface area contributed by atoms with Crippen LogP contribution in [-0.2, 0) is 9.59 Å². The molecule has 1 aromatic carbocycles. The molecule has 4 rings (SSSR count). The van der Waals surface area contributed by atoms with E-state index in [1.807, 2.05) is 34.1 Å². The average Bonchev–Trinajstić information content (AvgIpc) is 3.40. The van der Waals surface area contributed by atoms with E-state index in [-0.39, 0.29) is 29.8 Å². The molecule has 3 fully saturated rings. The second-order valence-corrected chi connectivity index (χ2v) is 8.88. The number of benzene rings is 1. The summed E-state index contributed by atoms with van der Waals surface area (Å²) >= 11 is 0. The van der Waals surface area contributed by atoms with E-state index < -0.39 is 0 Å². The van der Waals surface area contributed by atoms with Crippen molar-refractivity contribution in [1.82, 2.24) is 9.80 Å². The summed E-state index contributed by atoms with van der Waals surface area (Å²) in [5.74, 6) is 1.63. The largest absolute Gasteiger partial charge is 0.497 e. The van der Waals surface area contributed by atoms with Gasteiger partial charge in [0.15, 0.2) is 0 Å². The number of unbranched alkanes of at least 4 members (excludes halogenated alkanes) is 1. The van der Waals surface area contributed by atoms with Gasteiger partial charge >= 0.3 is 0 Å². The van der Waals surface area contributed by atoms with E-state index in [2.05, 4.69) is 6.92 Å². The number of ether oxygens (including phenoxy) is 1. The third-order valence-electron chi connectivity index (χ3n) is 7.18. The Morgan fingerprint density at radius 3 is 2.62 bits per heavy atom. The predicted molar refractivity (Wildman–Crippen MR) is 111 cm³/mol. The van der Waals surface area contributed by atoms with Crippen LogP contribution in [0.2, 0.25) is 0 Å². The Hall–Kier alpha value is -2.08. The molecule has 0 spiro atoms. The molecule has 29 heavy (non-hydrogen) atoms. The first-order valence-electron chi connectivity index (χ1n) is 11.0. The van der Waals surface area contributed by atoms with E-state index >= 15 is 0 Å². The molecule has 158 valence electrons. The van der Waals surface area contributed by atoms with Crippen molar-refractivity contribution >= 4 is 11.8 Å². The molecule has 3 aliphatic rings. The Bertz CT molecular complexity index is 750. The number of hydrogen-bond acceptors (Lipinski definition) is 4. The zero-order valence-electron chi connectivity index (χ0n) is 17.5. The molecule has 2 aliphatic heterocycles. The quantitative estimate of drug-likeness (QED) is 0.798. The fourth-order valence-corrected chi connectivity index (χ4v) is 5.54. The van der Waals surface area contributed by atoms with Crippen molar-refractivity contribution in [1.29, 1.82) is 0 Å². The van der Waals surface area contributed by atoms with Gasteiger partial charge in [-0.2, -0.15) is 0 Å². The highest BCUT2D eigenvalue weighted by atomic mass is 16.5. The lowest BCUT2D eigenvalue weighted by molar-refractivity contribution is -0.135. The van der Waals surface area contributed by atoms with Gasteiger partial charge in [-0.1, -0.05) is 25.5 Å². The Kier molecular flexibility index (Phi) is 5.81. The second kappa shape index (κ2) is 8.34. The van der Waals surface area contributed by atoms with Crippen molar-refractivity contribution in [3.05, 3.63) is 29.8 Å². The number of hydrogen-bond donors (Lipinski definition) is 1. The zero-order valence-corrected chi connectivity index (χ0v) is 17.5. The number of amides is 2. The Morgan fingerprint density at radius 1 is 1.21 bits per heavy atom. The SMILES string of the molecule is CCCCN1C(=O)CC(C(=O)N2CC3CCC(N)C3C2)C1c1ccc(OC)cc1. The van der Waals surface area contributed by atoms with Crippen LogP contribution in [0.25, 0.3) is 0 Å². The molecule has 5 atom stereocenters. The highest BCUT2D eigenvalue weighted by Gasteiger charge is 2.49. The van der Waals surface area contributed by atoms with Gasteiger partial charge in [0.25, 0.3) is 0 Å². The summed E-state index contributed by atoms with van der Waals surface area (Å²) in [5.41, 5.74) is 7.28. The third kappa shape index (κ3) is 3.75. The van der Waals surface area contributed by atoms with Gasteiger partial charge in [0, 0.05) is 32.1 Å². The molecule has 1 saturated carbocycles. The minimum atomic E-state index is -0.317. The number of likely N-dealkylation sites (tertiary alicyclic amines) is 2. The molecule has 1 aromatic rings. The molecule has 2 saturated heterocycles. The normalized spacial score (nSPS) is 31.4. The number of methoxy groups -OCH3 is 1. The van der Waals surface area contributed by atoms with E-state index in [0.717, 1.165) is 50.1 Å². The topological polar surface area (TPSA) is 75.9 Å². The monoisotopic (exact) mass is 399 g/mol. The van der Waals surface area contributed by atoms with Crippen LogP contribution in [-0.4, -0.2) is 54.4 Å². The number of carbonyl (C=O) groups is 2. The first-order chi connectivity index (χ1) is 14.0. The Labute approximate surface area is 173 Å². The highest BCUT2D eigenvalue weighted by Crippen LogP contribution is 2.43. The van der Waals surface area contributed by atoms with Crippen molar-refractivity contribution < 1.29 is 14.3 Å². The maximum atomic E-state index is 13.5. The molecular weight excluding hydrogens is 366 g/mol. The number of carbonyl (C=O) groups excluding carboxylic acids is 2. The molecule has 2 amide bonds. The number of nitrogens with zero attached hydrogens (tertiary/aromatic N) is 2. The van der Waals surface area contributed by atoms with Gasteiger partial charge < -0.3 is 20.3 Å². The summed E-state index contributed by atoms with van der Waals surface area (Å²) in [4.78, 5) is 30.3. The van der Waals surface area contributed by atoms with Crippen molar-refractivity contribution in [3.8, 4) is 5.75 Å². The minimum absolute atomic E-state index is 0.0914. The highest BCUT2D eigenvalue weighted by molar-refractivity contribution is 5.90. The van der Waals surface area contributed by atoms with E-state index in [1.54, 1.807) is 7.11 Å². The van der Waals surface area contributed by atoms with E-state index in [1.165, 1.54) is 0 Å². The molecule has 0 bridgehead atoms. The van der Waals surface area contributed by atoms with Gasteiger partial charge in [0.1, 0.15) is 5.75 Å². The smallest absolute Gasteiger partial charge is 0.228 e. The summed E-state index contributed by atoms with van der Waals surface area (Å²) in [6, 6.07) is 7.84. The molecule has 6 heteroatoms. The van der Waals surface area contributed by atoms with E-state index in [9.17, 15) is 9.59 Å².